The van der Waals surface area contributed by atoms with Gasteiger partial charge in [0.05, 0.1) is 91.4 Å². The lowest BCUT2D eigenvalue weighted by molar-refractivity contribution is -0.447. The summed E-state index contributed by atoms with van der Waals surface area (Å²) in [7, 11) is 6.41. The average Bonchev–Trinajstić information content (AvgIpc) is 1.76. The van der Waals surface area contributed by atoms with Gasteiger partial charge in [-0.25, -0.2) is 0 Å². The van der Waals surface area contributed by atoms with Gasteiger partial charge in [0.1, 0.15) is 36.6 Å². The van der Waals surface area contributed by atoms with Gasteiger partial charge in [0, 0.05) is 72.9 Å². The molecule has 87 heavy (non-hydrogen) atoms. The third-order valence-corrected chi connectivity index (χ3v) is 22.7. The standard InChI is InChI=1S/C64H104O23/c1-31-55(82-52-26-46(70-12)58(34(4)77-52)84-53-25-45(69-11)56(32(2)76-53)81-38(8)65)44(67)24-50(75-31)83-57-33(3)78-54(27-47(57)71-13)85-59-36(6)86-64(29-49(59)72-14)74-30-73-48-28-51(79-35(5)60(48)87-64)80-37(7)63(68)22-19-43-41-16-15-39-23-40(66)17-20-61(39,9)42(41)18-21-62(43,63)10/h15,31-37,40-60,66-68H,16-30H2,1-14H3/t31-,32-,33-,34-,35-,36-,37+,40+,41-,42+,43+,44-,45+,46+,47+,48-,49-,50+,51+,52+,53+,54+,55-,56-,57-,58-,59-,60-,61+,62+,63+,64-/m1/s1. The van der Waals surface area contributed by atoms with Crippen LogP contribution in [-0.2, 0) is 94.8 Å². The van der Waals surface area contributed by atoms with Crippen LogP contribution in [-0.4, -0.2) is 222 Å². The number of allylic oxidation sites excluding steroid dienone is 1. The van der Waals surface area contributed by atoms with Crippen LogP contribution in [0.15, 0.2) is 11.6 Å². The average molecular weight is 1240 g/mol. The Morgan fingerprint density at radius 2 is 1.14 bits per heavy atom. The van der Waals surface area contributed by atoms with Crippen molar-refractivity contribution >= 4 is 5.97 Å². The van der Waals surface area contributed by atoms with E-state index in [0.29, 0.717) is 49.9 Å². The van der Waals surface area contributed by atoms with Crippen LogP contribution in [0.1, 0.15) is 159 Å². The Labute approximate surface area is 514 Å². The minimum Gasteiger partial charge on any atom is -0.457 e. The van der Waals surface area contributed by atoms with Gasteiger partial charge >= 0.3 is 5.97 Å². The van der Waals surface area contributed by atoms with Crippen molar-refractivity contribution in [1.82, 2.24) is 0 Å². The number of aliphatic hydroxyl groups is 3. The van der Waals surface area contributed by atoms with E-state index >= 15 is 0 Å². The highest BCUT2D eigenvalue weighted by Crippen LogP contribution is 2.68. The molecule has 23 heteroatoms. The molecule has 32 atom stereocenters. The summed E-state index contributed by atoms with van der Waals surface area (Å²) in [4.78, 5) is 11.8. The van der Waals surface area contributed by atoms with Crippen molar-refractivity contribution in [2.75, 3.05) is 35.2 Å². The van der Waals surface area contributed by atoms with Crippen LogP contribution in [0, 0.1) is 28.6 Å². The second-order valence-electron chi connectivity index (χ2n) is 27.8. The van der Waals surface area contributed by atoms with Gasteiger partial charge in [-0.1, -0.05) is 25.5 Å². The smallest absolute Gasteiger partial charge is 0.303 e. The maximum atomic E-state index is 12.8. The molecule has 11 aliphatic rings. The fraction of sp³-hybridized carbons (Fsp3) is 0.953. The van der Waals surface area contributed by atoms with Gasteiger partial charge < -0.3 is 105 Å². The summed E-state index contributed by atoms with van der Waals surface area (Å²) in [5.41, 5.74) is 0.239. The highest BCUT2D eigenvalue weighted by Gasteiger charge is 2.66. The molecular formula is C64H104O23. The van der Waals surface area contributed by atoms with Crippen LogP contribution in [0.5, 0.6) is 0 Å². The summed E-state index contributed by atoms with van der Waals surface area (Å²) >= 11 is 0. The minimum absolute atomic E-state index is 0.101. The quantitative estimate of drug-likeness (QED) is 0.114. The molecule has 7 heterocycles. The Bertz CT molecular complexity index is 2320. The summed E-state index contributed by atoms with van der Waals surface area (Å²) in [5, 5.41) is 35.0. The molecule has 0 aromatic rings. The van der Waals surface area contributed by atoms with Gasteiger partial charge in [-0.2, -0.15) is 0 Å². The van der Waals surface area contributed by atoms with Crippen LogP contribution in [0.4, 0.5) is 0 Å². The van der Waals surface area contributed by atoms with Crippen LogP contribution in [0.2, 0.25) is 0 Å². The van der Waals surface area contributed by atoms with Crippen LogP contribution >= 0.6 is 0 Å². The number of carbonyl (C=O) groups is 1. The lowest BCUT2D eigenvalue weighted by atomic mass is 9.46. The molecular weight excluding hydrogens is 1140 g/mol. The predicted molar refractivity (Wildman–Crippen MR) is 306 cm³/mol. The van der Waals surface area contributed by atoms with E-state index in [1.165, 1.54) is 12.5 Å². The Morgan fingerprint density at radius 3 is 1.72 bits per heavy atom. The molecule has 0 amide bonds. The minimum atomic E-state index is -1.53. The van der Waals surface area contributed by atoms with Gasteiger partial charge in [0.25, 0.3) is 5.97 Å². The van der Waals surface area contributed by atoms with Crippen molar-refractivity contribution in [3.8, 4) is 0 Å². The van der Waals surface area contributed by atoms with Crippen LogP contribution in [0.25, 0.3) is 0 Å². The number of esters is 1. The van der Waals surface area contributed by atoms with Gasteiger partial charge in [-0.3, -0.25) is 4.79 Å². The SMILES string of the molecule is CO[C@H]1C[C@H](O[C@H]2[C@@H](OC)C[C@H](O[C@H]3[C@H](O)C[C@H](O[C@H]4[C@@H](OC)C[C@H](O[C@@H]5[C@@H](C)O[C@@]6(C[C@H]5OC)OCO[C@@H]5C[C@H](O[C@@H](C)[C@@]7(O)CC[C@H]8[C@@H]9CC=C%10C[C@@H](O)CC[C@]%10(C)[C@H]9CC[C@@]87C)O[C@H](C)[C@H]5O6)O[C@@H]4C)O[C@@H]3C)O[C@@H]2C)O[C@H](C)[C@H]1OC(C)=O. The van der Waals surface area contributed by atoms with E-state index in [2.05, 4.69) is 19.9 Å². The van der Waals surface area contributed by atoms with Gasteiger partial charge in [-0.05, 0) is 123 Å². The molecule has 0 radical (unpaired) electrons. The van der Waals surface area contributed by atoms with E-state index in [1.807, 2.05) is 48.5 Å². The van der Waals surface area contributed by atoms with E-state index in [4.69, 9.17) is 90.0 Å². The number of aliphatic hydroxyl groups excluding tert-OH is 2. The van der Waals surface area contributed by atoms with Gasteiger partial charge in [0.2, 0.25) is 0 Å². The summed E-state index contributed by atoms with van der Waals surface area (Å²) < 4.78 is 120. The Kier molecular flexibility index (Phi) is 20.7. The third-order valence-electron chi connectivity index (χ3n) is 22.7. The largest absolute Gasteiger partial charge is 0.457 e. The van der Waals surface area contributed by atoms with E-state index in [9.17, 15) is 20.1 Å². The number of rotatable bonds is 16. The summed E-state index contributed by atoms with van der Waals surface area (Å²) in [6.45, 7) is 19.3. The summed E-state index contributed by atoms with van der Waals surface area (Å²) in [6, 6.07) is 0. The molecule has 10 fully saturated rings. The Hall–Kier alpha value is -1.63. The van der Waals surface area contributed by atoms with E-state index < -0.39 is 165 Å². The monoisotopic (exact) mass is 1240 g/mol. The molecule has 0 unspecified atom stereocenters. The van der Waals surface area contributed by atoms with Gasteiger partial charge in [0.15, 0.2) is 44.3 Å². The van der Waals surface area contributed by atoms with E-state index in [1.54, 1.807) is 28.4 Å². The zero-order valence-corrected chi connectivity index (χ0v) is 53.9. The highest BCUT2D eigenvalue weighted by atomic mass is 16.9. The predicted octanol–water partition coefficient (Wildman–Crippen LogP) is 6.23. The first-order valence-corrected chi connectivity index (χ1v) is 32.6. The molecule has 498 valence electrons. The second-order valence-corrected chi connectivity index (χ2v) is 27.8. The van der Waals surface area contributed by atoms with Crippen molar-refractivity contribution in [1.29, 1.82) is 0 Å². The van der Waals surface area contributed by atoms with Gasteiger partial charge in [-0.15, -0.1) is 0 Å². The highest BCUT2D eigenvalue weighted by molar-refractivity contribution is 5.66. The topological polar surface area (TPSA) is 253 Å². The number of fused-ring (bicyclic) bond motifs is 6. The third kappa shape index (κ3) is 13.2. The molecule has 23 nitrogen and oxygen atoms in total. The summed E-state index contributed by atoms with van der Waals surface area (Å²) in [6.07, 6.45) is -2.90. The summed E-state index contributed by atoms with van der Waals surface area (Å²) in [5.74, 6) is -0.497. The molecule has 11 rings (SSSR count). The van der Waals surface area contributed by atoms with Crippen molar-refractivity contribution in [2.45, 2.75) is 324 Å². The normalized spacial score (nSPS) is 52.3. The number of hydrogen-bond donors (Lipinski definition) is 3. The lowest BCUT2D eigenvalue weighted by Crippen LogP contribution is -2.62. The first kappa shape index (κ1) is 66.8. The van der Waals surface area contributed by atoms with Crippen molar-refractivity contribution in [2.24, 2.45) is 28.6 Å². The van der Waals surface area contributed by atoms with Crippen LogP contribution in [0.3, 0.4) is 0 Å². The number of methoxy groups -OCH3 is 4. The molecule has 7 aliphatic heterocycles. The zero-order chi connectivity index (χ0) is 62.1. The Morgan fingerprint density at radius 1 is 0.609 bits per heavy atom. The van der Waals surface area contributed by atoms with Crippen molar-refractivity contribution in [3.05, 3.63) is 11.6 Å². The molecule has 0 aromatic carbocycles. The Balaban J connectivity index is 0.642. The molecule has 0 aromatic heterocycles. The first-order chi connectivity index (χ1) is 41.4. The molecule has 4 aliphatic carbocycles. The maximum Gasteiger partial charge on any atom is 0.303 e. The fourth-order valence-corrected chi connectivity index (χ4v) is 17.9. The molecule has 3 saturated carbocycles. The van der Waals surface area contributed by atoms with Crippen molar-refractivity contribution < 1.29 is 110 Å². The molecule has 0 bridgehead atoms. The second kappa shape index (κ2) is 27.0. The molecule has 3 N–H and O–H groups in total. The number of carbonyl (C=O) groups excluding carboxylic acids is 1. The number of hydrogen-bond acceptors (Lipinski definition) is 23. The van der Waals surface area contributed by atoms with E-state index in [-0.39, 0.29) is 36.6 Å². The van der Waals surface area contributed by atoms with Crippen molar-refractivity contribution in [3.63, 3.8) is 0 Å². The lowest BCUT2D eigenvalue weighted by Gasteiger charge is -2.59. The van der Waals surface area contributed by atoms with E-state index in [0.717, 1.165) is 44.9 Å². The fourth-order valence-electron chi connectivity index (χ4n) is 17.9. The molecule has 7 saturated heterocycles. The molecule has 1 spiro atoms. The number of ether oxygens (including phenoxy) is 19. The maximum absolute atomic E-state index is 12.8. The zero-order valence-electron chi connectivity index (χ0n) is 53.9. The first-order valence-electron chi connectivity index (χ1n) is 32.6. The van der Waals surface area contributed by atoms with Crippen LogP contribution < -0.4 is 0 Å².